The Kier molecular flexibility index (Phi) is 5.73. The molecule has 0 spiro atoms. The van der Waals surface area contributed by atoms with Gasteiger partial charge in [0.1, 0.15) is 5.75 Å². The molecule has 2 N–H and O–H groups in total. The van der Waals surface area contributed by atoms with E-state index in [0.29, 0.717) is 11.4 Å². The minimum Gasteiger partial charge on any atom is -0.495 e. The minimum absolute atomic E-state index is 0.0578. The van der Waals surface area contributed by atoms with Crippen molar-refractivity contribution in [2.24, 2.45) is 0 Å². The second-order valence-electron chi connectivity index (χ2n) is 6.33. The molecule has 0 unspecified atom stereocenters. The summed E-state index contributed by atoms with van der Waals surface area (Å²) in [5, 5.41) is 12.7. The highest BCUT2D eigenvalue weighted by atomic mass is 32.2. The zero-order valence-corrected chi connectivity index (χ0v) is 15.4. The number of aromatic nitrogens is 2. The van der Waals surface area contributed by atoms with Crippen molar-refractivity contribution < 1.29 is 14.6 Å². The van der Waals surface area contributed by atoms with Crippen LogP contribution in [0.2, 0.25) is 0 Å². The predicted molar refractivity (Wildman–Crippen MR) is 96.7 cm³/mol. The molecule has 7 nitrogen and oxygen atoms in total. The molecule has 0 fully saturated rings. The maximum atomic E-state index is 12.4. The topological polar surface area (TPSA) is 93.4 Å². The molecule has 8 heteroatoms. The Labute approximate surface area is 150 Å². The Balaban J connectivity index is 2.38. The number of aromatic hydroxyl groups is 1. The third-order valence-corrected chi connectivity index (χ3v) is 3.99. The van der Waals surface area contributed by atoms with Crippen molar-refractivity contribution in [2.75, 3.05) is 12.9 Å². The van der Waals surface area contributed by atoms with Gasteiger partial charge >= 0.3 is 0 Å². The Morgan fingerprint density at radius 1 is 1.36 bits per heavy atom. The molecule has 1 amide bonds. The molecule has 0 saturated carbocycles. The van der Waals surface area contributed by atoms with E-state index in [4.69, 9.17) is 4.74 Å². The zero-order chi connectivity index (χ0) is 18.6. The fraction of sp³-hybridized carbons (Fsp3) is 0.353. The predicted octanol–water partition coefficient (Wildman–Crippen LogP) is 1.95. The van der Waals surface area contributed by atoms with Crippen LogP contribution >= 0.6 is 11.8 Å². The van der Waals surface area contributed by atoms with Crippen LogP contribution in [-0.2, 0) is 4.79 Å². The molecule has 0 aliphatic carbocycles. The Morgan fingerprint density at radius 3 is 2.68 bits per heavy atom. The monoisotopic (exact) mass is 363 g/mol. The van der Waals surface area contributed by atoms with E-state index in [-0.39, 0.29) is 22.4 Å². The van der Waals surface area contributed by atoms with Gasteiger partial charge in [-0.3, -0.25) is 14.2 Å². The largest absolute Gasteiger partial charge is 0.495 e. The summed E-state index contributed by atoms with van der Waals surface area (Å²) in [7, 11) is 1.50. The van der Waals surface area contributed by atoms with Crippen LogP contribution in [0, 0.1) is 0 Å². The second-order valence-corrected chi connectivity index (χ2v) is 7.27. The van der Waals surface area contributed by atoms with Crippen LogP contribution in [0.15, 0.2) is 40.3 Å². The molecule has 1 aromatic carbocycles. The van der Waals surface area contributed by atoms with E-state index in [9.17, 15) is 14.7 Å². The maximum Gasteiger partial charge on any atom is 0.262 e. The lowest BCUT2D eigenvalue weighted by Gasteiger charge is -2.20. The van der Waals surface area contributed by atoms with Gasteiger partial charge in [-0.1, -0.05) is 23.9 Å². The van der Waals surface area contributed by atoms with E-state index >= 15 is 0 Å². The van der Waals surface area contributed by atoms with E-state index in [1.165, 1.54) is 11.7 Å². The number of ether oxygens (including phenoxy) is 1. The number of carbonyl (C=O) groups is 1. The fourth-order valence-corrected chi connectivity index (χ4v) is 2.97. The number of benzene rings is 1. The fourth-order valence-electron chi connectivity index (χ4n) is 2.17. The highest BCUT2D eigenvalue weighted by Crippen LogP contribution is 2.26. The van der Waals surface area contributed by atoms with Crippen molar-refractivity contribution in [1.82, 2.24) is 14.9 Å². The van der Waals surface area contributed by atoms with Crippen molar-refractivity contribution >= 4 is 17.7 Å². The molecule has 0 atom stereocenters. The quantitative estimate of drug-likeness (QED) is 0.623. The van der Waals surface area contributed by atoms with Gasteiger partial charge < -0.3 is 15.2 Å². The van der Waals surface area contributed by atoms with Gasteiger partial charge in [0.25, 0.3) is 5.56 Å². The summed E-state index contributed by atoms with van der Waals surface area (Å²) in [6, 6.07) is 7.99. The minimum atomic E-state index is -0.462. The number of amides is 1. The van der Waals surface area contributed by atoms with Crippen molar-refractivity contribution in [3.05, 3.63) is 40.7 Å². The highest BCUT2D eigenvalue weighted by Gasteiger charge is 2.18. The summed E-state index contributed by atoms with van der Waals surface area (Å²) in [5.41, 5.74) is -0.330. The molecule has 0 bridgehead atoms. The highest BCUT2D eigenvalue weighted by molar-refractivity contribution is 7.99. The van der Waals surface area contributed by atoms with Crippen molar-refractivity contribution in [3.8, 4) is 17.3 Å². The number of nitrogens with one attached hydrogen (secondary N) is 1. The van der Waals surface area contributed by atoms with Crippen LogP contribution in [0.1, 0.15) is 20.8 Å². The van der Waals surface area contributed by atoms with E-state index in [1.807, 2.05) is 20.8 Å². The van der Waals surface area contributed by atoms with Crippen molar-refractivity contribution in [3.63, 3.8) is 0 Å². The standard InChI is InChI=1S/C17H21N3O4S/c1-17(2,3)19-14(22)10-25-16-18-13(21)9-15(23)20(16)11-7-5-6-8-12(11)24-4/h5-9,21H,10H2,1-4H3,(H,19,22). The van der Waals surface area contributed by atoms with Gasteiger partial charge in [0.05, 0.1) is 24.6 Å². The van der Waals surface area contributed by atoms with Crippen LogP contribution in [0.25, 0.3) is 5.69 Å². The number of para-hydroxylation sites is 2. The average Bonchev–Trinajstić information content (AvgIpc) is 2.51. The number of thioether (sulfide) groups is 1. The molecule has 25 heavy (non-hydrogen) atoms. The van der Waals surface area contributed by atoms with Crippen molar-refractivity contribution in [2.45, 2.75) is 31.5 Å². The first kappa shape index (κ1) is 18.9. The summed E-state index contributed by atoms with van der Waals surface area (Å²) in [6.45, 7) is 5.65. The molecule has 2 rings (SSSR count). The van der Waals surface area contributed by atoms with Gasteiger partial charge in [0.2, 0.25) is 11.8 Å². The number of hydrogen-bond acceptors (Lipinski definition) is 6. The first-order valence-electron chi connectivity index (χ1n) is 7.61. The van der Waals surface area contributed by atoms with Crippen LogP contribution in [-0.4, -0.2) is 39.0 Å². The summed E-state index contributed by atoms with van der Waals surface area (Å²) in [5.74, 6) is -0.0443. The Hall–Kier alpha value is -2.48. The molecule has 0 saturated heterocycles. The first-order chi connectivity index (χ1) is 11.7. The number of nitrogens with zero attached hydrogens (tertiary/aromatic N) is 2. The van der Waals surface area contributed by atoms with Gasteiger partial charge in [0, 0.05) is 5.54 Å². The van der Waals surface area contributed by atoms with E-state index in [0.717, 1.165) is 17.8 Å². The molecule has 1 heterocycles. The summed E-state index contributed by atoms with van der Waals surface area (Å²) >= 11 is 1.06. The molecular formula is C17H21N3O4S. The Morgan fingerprint density at radius 2 is 2.04 bits per heavy atom. The van der Waals surface area contributed by atoms with Gasteiger partial charge in [-0.15, -0.1) is 0 Å². The summed E-state index contributed by atoms with van der Waals surface area (Å²) in [4.78, 5) is 28.4. The van der Waals surface area contributed by atoms with Gasteiger partial charge in [-0.2, -0.15) is 4.98 Å². The number of carbonyl (C=O) groups excluding carboxylic acids is 1. The summed E-state index contributed by atoms with van der Waals surface area (Å²) in [6.07, 6.45) is 0. The molecular weight excluding hydrogens is 342 g/mol. The van der Waals surface area contributed by atoms with Crippen molar-refractivity contribution in [1.29, 1.82) is 0 Å². The van der Waals surface area contributed by atoms with Crippen LogP contribution < -0.4 is 15.6 Å². The first-order valence-corrected chi connectivity index (χ1v) is 8.60. The van der Waals surface area contributed by atoms with Crippen LogP contribution in [0.4, 0.5) is 0 Å². The molecule has 1 aromatic heterocycles. The summed E-state index contributed by atoms with van der Waals surface area (Å²) < 4.78 is 6.61. The smallest absolute Gasteiger partial charge is 0.262 e. The lowest BCUT2D eigenvalue weighted by molar-refractivity contribution is -0.119. The molecule has 0 aliphatic rings. The average molecular weight is 363 g/mol. The van der Waals surface area contributed by atoms with E-state index in [2.05, 4.69) is 10.3 Å². The van der Waals surface area contributed by atoms with Crippen LogP contribution in [0.3, 0.4) is 0 Å². The SMILES string of the molecule is COc1ccccc1-n1c(SCC(=O)NC(C)(C)C)nc(O)cc1=O. The lowest BCUT2D eigenvalue weighted by Crippen LogP contribution is -2.41. The normalized spacial score (nSPS) is 11.2. The van der Waals surface area contributed by atoms with Gasteiger partial charge in [0.15, 0.2) is 5.16 Å². The number of rotatable bonds is 5. The number of hydrogen-bond donors (Lipinski definition) is 2. The maximum absolute atomic E-state index is 12.4. The van der Waals surface area contributed by atoms with Gasteiger partial charge in [-0.05, 0) is 32.9 Å². The third kappa shape index (κ3) is 4.99. The second kappa shape index (κ2) is 7.60. The van der Waals surface area contributed by atoms with E-state index < -0.39 is 11.4 Å². The Bertz CT molecular complexity index is 827. The van der Waals surface area contributed by atoms with Gasteiger partial charge in [-0.25, -0.2) is 0 Å². The lowest BCUT2D eigenvalue weighted by atomic mass is 10.1. The third-order valence-electron chi connectivity index (χ3n) is 3.05. The molecule has 0 aliphatic heterocycles. The molecule has 134 valence electrons. The van der Waals surface area contributed by atoms with Crippen LogP contribution in [0.5, 0.6) is 11.6 Å². The number of methoxy groups -OCH3 is 1. The van der Waals surface area contributed by atoms with E-state index in [1.54, 1.807) is 24.3 Å². The molecule has 0 radical (unpaired) electrons. The molecule has 2 aromatic rings. The zero-order valence-electron chi connectivity index (χ0n) is 14.6.